The monoisotopic (exact) mass is 365 g/mol. The van der Waals surface area contributed by atoms with Crippen molar-refractivity contribution in [3.8, 4) is 0 Å². The zero-order chi connectivity index (χ0) is 18.4. The number of rotatable bonds is 4. The number of nitrogens with zero attached hydrogens (tertiary/aromatic N) is 1. The van der Waals surface area contributed by atoms with E-state index >= 15 is 0 Å². The second-order valence-electron chi connectivity index (χ2n) is 7.20. The average Bonchev–Trinajstić information content (AvgIpc) is 3.27. The van der Waals surface area contributed by atoms with Crippen molar-refractivity contribution in [1.82, 2.24) is 4.90 Å². The molecule has 1 aliphatic heterocycles. The summed E-state index contributed by atoms with van der Waals surface area (Å²) in [4.78, 5) is 25.8. The first-order chi connectivity index (χ1) is 11.7. The van der Waals surface area contributed by atoms with Crippen molar-refractivity contribution in [2.45, 2.75) is 37.5 Å². The maximum absolute atomic E-state index is 12.7. The van der Waals surface area contributed by atoms with E-state index < -0.39 is 15.8 Å². The Morgan fingerprint density at radius 3 is 2.40 bits per heavy atom. The topological polar surface area (TPSA) is 91.8 Å². The maximum atomic E-state index is 12.7. The molecule has 1 saturated heterocycles. The van der Waals surface area contributed by atoms with Crippen molar-refractivity contribution in [2.24, 2.45) is 11.3 Å². The quantitative estimate of drug-likeness (QED) is 0.881. The minimum Gasteiger partial charge on any atom is -0.481 e. The maximum Gasteiger partial charge on any atom is 0.307 e. The molecule has 2 aliphatic rings. The van der Waals surface area contributed by atoms with Crippen LogP contribution >= 0.6 is 0 Å². The minimum atomic E-state index is -3.39. The molecule has 3 rings (SSSR count). The number of hydrogen-bond donors (Lipinski definition) is 1. The van der Waals surface area contributed by atoms with Crippen LogP contribution in [0.4, 0.5) is 0 Å². The van der Waals surface area contributed by atoms with E-state index in [0.29, 0.717) is 49.9 Å². The van der Waals surface area contributed by atoms with Gasteiger partial charge in [0.25, 0.3) is 5.91 Å². The number of carbonyl (C=O) groups excluding carboxylic acids is 1. The highest BCUT2D eigenvalue weighted by Crippen LogP contribution is 2.59. The van der Waals surface area contributed by atoms with E-state index in [2.05, 4.69) is 0 Å². The van der Waals surface area contributed by atoms with Gasteiger partial charge in [-0.25, -0.2) is 8.42 Å². The van der Waals surface area contributed by atoms with Gasteiger partial charge in [0, 0.05) is 24.9 Å². The van der Waals surface area contributed by atoms with Crippen LogP contribution in [-0.2, 0) is 21.1 Å². The van der Waals surface area contributed by atoms with Gasteiger partial charge in [-0.1, -0.05) is 13.0 Å². The zero-order valence-corrected chi connectivity index (χ0v) is 15.3. The van der Waals surface area contributed by atoms with Crippen LogP contribution in [0.5, 0.6) is 0 Å². The molecule has 1 unspecified atom stereocenters. The number of amides is 1. The molecule has 1 amide bonds. The number of carbonyl (C=O) groups is 2. The molecule has 0 aromatic heterocycles. The van der Waals surface area contributed by atoms with E-state index in [1.54, 1.807) is 17.0 Å². The van der Waals surface area contributed by atoms with Crippen molar-refractivity contribution in [3.63, 3.8) is 0 Å². The van der Waals surface area contributed by atoms with Gasteiger partial charge in [-0.3, -0.25) is 9.59 Å². The molecule has 1 atom stereocenters. The summed E-state index contributed by atoms with van der Waals surface area (Å²) in [6.07, 6.45) is 3.83. The first kappa shape index (κ1) is 17.9. The second kappa shape index (κ2) is 6.12. The van der Waals surface area contributed by atoms with Crippen molar-refractivity contribution in [3.05, 3.63) is 29.3 Å². The van der Waals surface area contributed by atoms with Crippen LogP contribution < -0.4 is 0 Å². The summed E-state index contributed by atoms with van der Waals surface area (Å²) >= 11 is 0. The Balaban J connectivity index is 1.76. The molecule has 1 aromatic carbocycles. The zero-order valence-electron chi connectivity index (χ0n) is 14.5. The van der Waals surface area contributed by atoms with Crippen LogP contribution in [0.2, 0.25) is 0 Å². The van der Waals surface area contributed by atoms with E-state index in [9.17, 15) is 18.0 Å². The standard InChI is InChI=1S/C18H23NO5S/c1-3-12-4-5-13(10-15(12)25(2,23)24)16(20)19-8-6-18(7-9-19)11-14(18)17(21)22/h4-5,10,14H,3,6-9,11H2,1-2H3,(H,21,22). The van der Waals surface area contributed by atoms with Gasteiger partial charge in [0.2, 0.25) is 0 Å². The molecule has 1 aliphatic carbocycles. The highest BCUT2D eigenvalue weighted by Gasteiger charge is 2.59. The van der Waals surface area contributed by atoms with Crippen LogP contribution in [0.25, 0.3) is 0 Å². The summed E-state index contributed by atoms with van der Waals surface area (Å²) in [7, 11) is -3.39. The molecule has 1 heterocycles. The summed E-state index contributed by atoms with van der Waals surface area (Å²) in [6.45, 7) is 2.92. The third kappa shape index (κ3) is 3.29. The number of likely N-dealkylation sites (tertiary alicyclic amines) is 1. The lowest BCUT2D eigenvalue weighted by molar-refractivity contribution is -0.139. The average molecular weight is 365 g/mol. The number of sulfone groups is 1. The Morgan fingerprint density at radius 1 is 1.28 bits per heavy atom. The molecule has 0 bridgehead atoms. The third-order valence-electron chi connectivity index (χ3n) is 5.63. The Hall–Kier alpha value is -1.89. The summed E-state index contributed by atoms with van der Waals surface area (Å²) in [6, 6.07) is 4.85. The lowest BCUT2D eigenvalue weighted by Gasteiger charge is -2.32. The van der Waals surface area contributed by atoms with E-state index in [1.165, 1.54) is 6.07 Å². The summed E-state index contributed by atoms with van der Waals surface area (Å²) < 4.78 is 24.0. The first-order valence-electron chi connectivity index (χ1n) is 8.53. The number of hydrogen-bond acceptors (Lipinski definition) is 4. The van der Waals surface area contributed by atoms with Gasteiger partial charge >= 0.3 is 5.97 Å². The molecule has 25 heavy (non-hydrogen) atoms. The van der Waals surface area contributed by atoms with Crippen LogP contribution in [0, 0.1) is 11.3 Å². The van der Waals surface area contributed by atoms with Crippen molar-refractivity contribution >= 4 is 21.7 Å². The fourth-order valence-electron chi connectivity index (χ4n) is 3.91. The van der Waals surface area contributed by atoms with Crippen molar-refractivity contribution in [2.75, 3.05) is 19.3 Å². The molecular weight excluding hydrogens is 342 g/mol. The molecular formula is C18H23NO5S. The fourth-order valence-corrected chi connectivity index (χ4v) is 4.94. The molecule has 1 saturated carbocycles. The molecule has 1 aromatic rings. The largest absolute Gasteiger partial charge is 0.481 e. The Labute approximate surface area is 147 Å². The van der Waals surface area contributed by atoms with E-state index in [-0.39, 0.29) is 22.1 Å². The SMILES string of the molecule is CCc1ccc(C(=O)N2CCC3(CC2)CC3C(=O)O)cc1S(C)(=O)=O. The predicted molar refractivity (Wildman–Crippen MR) is 92.2 cm³/mol. The lowest BCUT2D eigenvalue weighted by atomic mass is 9.90. The smallest absolute Gasteiger partial charge is 0.307 e. The van der Waals surface area contributed by atoms with Crippen molar-refractivity contribution < 1.29 is 23.1 Å². The molecule has 1 spiro atoms. The molecule has 1 N–H and O–H groups in total. The normalized spacial score (nSPS) is 22.0. The number of carboxylic acid groups (broad SMARTS) is 1. The summed E-state index contributed by atoms with van der Waals surface area (Å²) in [5.74, 6) is -1.20. The minimum absolute atomic E-state index is 0.132. The molecule has 136 valence electrons. The number of piperidine rings is 1. The van der Waals surface area contributed by atoms with Gasteiger partial charge < -0.3 is 10.0 Å². The van der Waals surface area contributed by atoms with Gasteiger partial charge in [-0.2, -0.15) is 0 Å². The Kier molecular flexibility index (Phi) is 4.39. The van der Waals surface area contributed by atoms with Crippen LogP contribution in [-0.4, -0.2) is 49.6 Å². The second-order valence-corrected chi connectivity index (χ2v) is 9.18. The van der Waals surface area contributed by atoms with Gasteiger partial charge in [-0.15, -0.1) is 0 Å². The third-order valence-corrected chi connectivity index (χ3v) is 6.81. The Bertz CT molecular complexity index is 822. The van der Waals surface area contributed by atoms with E-state index in [1.807, 2.05) is 6.92 Å². The van der Waals surface area contributed by atoms with Gasteiger partial charge in [0.1, 0.15) is 0 Å². The number of carboxylic acids is 1. The summed E-state index contributed by atoms with van der Waals surface area (Å²) in [5.41, 5.74) is 0.949. The Morgan fingerprint density at radius 2 is 1.92 bits per heavy atom. The predicted octanol–water partition coefficient (Wildman–Crippen LogP) is 1.98. The van der Waals surface area contributed by atoms with E-state index in [4.69, 9.17) is 5.11 Å². The molecule has 0 radical (unpaired) electrons. The molecule has 2 fully saturated rings. The van der Waals surface area contributed by atoms with Crippen LogP contribution in [0.1, 0.15) is 42.1 Å². The fraction of sp³-hybridized carbons (Fsp3) is 0.556. The molecule has 7 heteroatoms. The van der Waals surface area contributed by atoms with E-state index in [0.717, 1.165) is 6.26 Å². The van der Waals surface area contributed by atoms with Gasteiger partial charge in [0.05, 0.1) is 10.8 Å². The van der Waals surface area contributed by atoms with Gasteiger partial charge in [-0.05, 0) is 48.8 Å². The highest BCUT2D eigenvalue weighted by atomic mass is 32.2. The number of aryl methyl sites for hydroxylation is 1. The number of aliphatic carboxylic acids is 1. The summed E-state index contributed by atoms with van der Waals surface area (Å²) in [5, 5.41) is 9.14. The van der Waals surface area contributed by atoms with Crippen LogP contribution in [0.3, 0.4) is 0 Å². The van der Waals surface area contributed by atoms with Crippen molar-refractivity contribution in [1.29, 1.82) is 0 Å². The number of benzene rings is 1. The van der Waals surface area contributed by atoms with Crippen LogP contribution in [0.15, 0.2) is 23.1 Å². The highest BCUT2D eigenvalue weighted by molar-refractivity contribution is 7.90. The van der Waals surface area contributed by atoms with Gasteiger partial charge in [0.15, 0.2) is 9.84 Å². The lowest BCUT2D eigenvalue weighted by Crippen LogP contribution is -2.40. The first-order valence-corrected chi connectivity index (χ1v) is 10.4. The molecule has 6 nitrogen and oxygen atoms in total.